The zero-order valence-electron chi connectivity index (χ0n) is 6.27. The van der Waals surface area contributed by atoms with E-state index in [2.05, 4.69) is 0 Å². The maximum atomic E-state index is 12.9. The third-order valence-corrected chi connectivity index (χ3v) is 1.93. The number of hydrogen-bond donors (Lipinski definition) is 0. The Labute approximate surface area is 59.4 Å². The molecule has 0 aliphatic carbocycles. The van der Waals surface area contributed by atoms with Crippen LogP contribution in [0.25, 0.3) is 0 Å². The Morgan fingerprint density at radius 2 is 2.00 bits per heavy atom. The Hall–Kier alpha value is -0.220. The summed E-state index contributed by atoms with van der Waals surface area (Å²) in [7, 11) is 1.44. The highest BCUT2D eigenvalue weighted by Crippen LogP contribution is 2.27. The van der Waals surface area contributed by atoms with Crippen molar-refractivity contribution in [2.24, 2.45) is 0 Å². The summed E-state index contributed by atoms with van der Waals surface area (Å²) in [6, 6.07) is 0. The minimum absolute atomic E-state index is 0.414. The molecular formula is C6H12F2N2. The highest BCUT2D eigenvalue weighted by molar-refractivity contribution is 4.76. The molecule has 0 saturated carbocycles. The van der Waals surface area contributed by atoms with Crippen LogP contribution < -0.4 is 0 Å². The van der Waals surface area contributed by atoms with Gasteiger partial charge < -0.3 is 0 Å². The molecule has 0 aromatic heterocycles. The van der Waals surface area contributed by atoms with Crippen LogP contribution in [0.5, 0.6) is 0 Å². The van der Waals surface area contributed by atoms with Gasteiger partial charge in [-0.15, -0.1) is 0 Å². The zero-order chi connectivity index (χ0) is 7.78. The molecule has 2 nitrogen and oxygen atoms in total. The van der Waals surface area contributed by atoms with Gasteiger partial charge in [0.25, 0.3) is 0 Å². The normalized spacial score (nSPS) is 27.6. The van der Waals surface area contributed by atoms with Crippen LogP contribution in [-0.2, 0) is 0 Å². The van der Waals surface area contributed by atoms with Crippen molar-refractivity contribution in [3.8, 4) is 0 Å². The summed E-state index contributed by atoms with van der Waals surface area (Å²) in [5.74, 6) is 0. The number of rotatable bonds is 1. The van der Waals surface area contributed by atoms with Crippen molar-refractivity contribution >= 4 is 0 Å². The quantitative estimate of drug-likeness (QED) is 0.510. The van der Waals surface area contributed by atoms with E-state index in [9.17, 15) is 8.78 Å². The molecule has 0 radical (unpaired) electrons. The van der Waals surface area contributed by atoms with Gasteiger partial charge in [0.2, 0.25) is 0 Å². The fourth-order valence-corrected chi connectivity index (χ4v) is 1.13. The Morgan fingerprint density at radius 3 is 2.20 bits per heavy atom. The minimum atomic E-state index is -2.71. The summed E-state index contributed by atoms with van der Waals surface area (Å²) in [5.41, 5.74) is 0. The second-order valence-electron chi connectivity index (χ2n) is 2.51. The van der Waals surface area contributed by atoms with Gasteiger partial charge in [-0.1, -0.05) is 6.92 Å². The van der Waals surface area contributed by atoms with Crippen LogP contribution in [0.1, 0.15) is 6.92 Å². The predicted molar refractivity (Wildman–Crippen MR) is 34.8 cm³/mol. The first-order valence-corrected chi connectivity index (χ1v) is 3.43. The number of nitrogens with zero attached hydrogens (tertiary/aromatic N) is 2. The third kappa shape index (κ3) is 1.01. The smallest absolute Gasteiger partial charge is 0.232 e. The molecule has 1 aliphatic rings. The molecular weight excluding hydrogens is 138 g/mol. The van der Waals surface area contributed by atoms with Crippen LogP contribution in [-0.4, -0.2) is 42.7 Å². The summed E-state index contributed by atoms with van der Waals surface area (Å²) in [5, 5.41) is 0. The number of hydrogen-bond acceptors (Lipinski definition) is 2. The van der Waals surface area contributed by atoms with Gasteiger partial charge in [0.05, 0.1) is 0 Å². The van der Waals surface area contributed by atoms with Crippen LogP contribution in [0.4, 0.5) is 8.78 Å². The number of likely N-dealkylation sites (N-methyl/N-ethyl adjacent to an activating group) is 2. The van der Waals surface area contributed by atoms with Gasteiger partial charge in [-0.05, 0) is 7.05 Å². The van der Waals surface area contributed by atoms with Crippen molar-refractivity contribution in [1.82, 2.24) is 9.80 Å². The first kappa shape index (κ1) is 7.88. The van der Waals surface area contributed by atoms with E-state index >= 15 is 0 Å². The van der Waals surface area contributed by atoms with E-state index in [1.807, 2.05) is 0 Å². The Bertz CT molecular complexity index is 127. The SMILES string of the molecule is CCN1CCN(C)C1(F)F. The largest absolute Gasteiger partial charge is 0.369 e. The number of halogens is 2. The standard InChI is InChI=1S/C6H12F2N2/c1-3-10-5-4-9(2)6(10,7)8/h3-5H2,1-2H3. The molecule has 1 aliphatic heterocycles. The topological polar surface area (TPSA) is 6.48 Å². The van der Waals surface area contributed by atoms with Crippen molar-refractivity contribution < 1.29 is 8.78 Å². The van der Waals surface area contributed by atoms with Crippen molar-refractivity contribution in [3.05, 3.63) is 0 Å². The van der Waals surface area contributed by atoms with Gasteiger partial charge in [0, 0.05) is 19.6 Å². The van der Waals surface area contributed by atoms with Crippen LogP contribution in [0.2, 0.25) is 0 Å². The third-order valence-electron chi connectivity index (χ3n) is 1.93. The van der Waals surface area contributed by atoms with Gasteiger partial charge >= 0.3 is 6.17 Å². The Morgan fingerprint density at radius 1 is 1.40 bits per heavy atom. The first-order valence-electron chi connectivity index (χ1n) is 3.43. The molecule has 0 bridgehead atoms. The molecule has 0 unspecified atom stereocenters. The predicted octanol–water partition coefficient (Wildman–Crippen LogP) is 0.804. The molecule has 1 rings (SSSR count). The molecule has 0 spiro atoms. The van der Waals surface area contributed by atoms with E-state index in [0.717, 1.165) is 9.80 Å². The minimum Gasteiger partial charge on any atom is -0.232 e. The van der Waals surface area contributed by atoms with Crippen molar-refractivity contribution in [2.75, 3.05) is 26.7 Å². The van der Waals surface area contributed by atoms with E-state index in [1.54, 1.807) is 6.92 Å². The highest BCUT2D eigenvalue weighted by Gasteiger charge is 2.45. The van der Waals surface area contributed by atoms with Crippen molar-refractivity contribution in [3.63, 3.8) is 0 Å². The molecule has 1 fully saturated rings. The lowest BCUT2D eigenvalue weighted by molar-refractivity contribution is -0.200. The fraction of sp³-hybridized carbons (Fsp3) is 1.00. The molecule has 0 aromatic carbocycles. The van der Waals surface area contributed by atoms with Crippen LogP contribution in [0.3, 0.4) is 0 Å². The molecule has 0 amide bonds. The second-order valence-corrected chi connectivity index (χ2v) is 2.51. The number of alkyl halides is 2. The fourth-order valence-electron chi connectivity index (χ4n) is 1.13. The molecule has 10 heavy (non-hydrogen) atoms. The van der Waals surface area contributed by atoms with Gasteiger partial charge in [0.1, 0.15) is 0 Å². The van der Waals surface area contributed by atoms with Gasteiger partial charge in [-0.25, -0.2) is 9.80 Å². The van der Waals surface area contributed by atoms with E-state index in [1.165, 1.54) is 7.05 Å². The maximum absolute atomic E-state index is 12.9. The van der Waals surface area contributed by atoms with E-state index in [4.69, 9.17) is 0 Å². The molecule has 1 saturated heterocycles. The van der Waals surface area contributed by atoms with Crippen LogP contribution >= 0.6 is 0 Å². The Balaban J connectivity index is 2.64. The lowest BCUT2D eigenvalue weighted by Gasteiger charge is -2.25. The summed E-state index contributed by atoms with van der Waals surface area (Å²) >= 11 is 0. The van der Waals surface area contributed by atoms with Gasteiger partial charge in [0.15, 0.2) is 0 Å². The highest BCUT2D eigenvalue weighted by atomic mass is 19.3. The van der Waals surface area contributed by atoms with Crippen LogP contribution in [0, 0.1) is 0 Å². The first-order chi connectivity index (χ1) is 4.59. The zero-order valence-corrected chi connectivity index (χ0v) is 6.27. The van der Waals surface area contributed by atoms with E-state index in [0.29, 0.717) is 19.6 Å². The van der Waals surface area contributed by atoms with E-state index in [-0.39, 0.29) is 0 Å². The monoisotopic (exact) mass is 150 g/mol. The molecule has 0 atom stereocenters. The summed E-state index contributed by atoms with van der Waals surface area (Å²) in [4.78, 5) is 2.23. The lowest BCUT2D eigenvalue weighted by Crippen LogP contribution is -2.43. The maximum Gasteiger partial charge on any atom is 0.369 e. The van der Waals surface area contributed by atoms with Crippen LogP contribution in [0.15, 0.2) is 0 Å². The second kappa shape index (κ2) is 2.43. The Kier molecular flexibility index (Phi) is 1.92. The van der Waals surface area contributed by atoms with Gasteiger partial charge in [-0.3, -0.25) is 0 Å². The molecule has 0 aromatic rings. The summed E-state index contributed by atoms with van der Waals surface area (Å²) in [6.45, 7) is 3.09. The molecule has 0 N–H and O–H groups in total. The van der Waals surface area contributed by atoms with E-state index < -0.39 is 6.17 Å². The van der Waals surface area contributed by atoms with Crippen molar-refractivity contribution in [2.45, 2.75) is 13.1 Å². The average Bonchev–Trinajstić information content (AvgIpc) is 2.10. The summed E-state index contributed by atoms with van der Waals surface area (Å²) in [6.07, 6.45) is -2.71. The van der Waals surface area contributed by atoms with Gasteiger partial charge in [-0.2, -0.15) is 8.78 Å². The van der Waals surface area contributed by atoms with Crippen molar-refractivity contribution in [1.29, 1.82) is 0 Å². The summed E-state index contributed by atoms with van der Waals surface area (Å²) < 4.78 is 25.7. The molecule has 1 heterocycles. The lowest BCUT2D eigenvalue weighted by atomic mass is 10.6. The molecule has 4 heteroatoms. The average molecular weight is 150 g/mol. The molecule has 60 valence electrons.